The lowest BCUT2D eigenvalue weighted by atomic mass is 10.2. The lowest BCUT2D eigenvalue weighted by Gasteiger charge is -2.28. The van der Waals surface area contributed by atoms with Crippen molar-refractivity contribution in [1.82, 2.24) is 0 Å². The average molecular weight is 413 g/mol. The van der Waals surface area contributed by atoms with Crippen molar-refractivity contribution in [2.45, 2.75) is 20.0 Å². The van der Waals surface area contributed by atoms with Gasteiger partial charge in [0, 0.05) is 17.8 Å². The topological polar surface area (TPSA) is 128 Å². The van der Waals surface area contributed by atoms with Crippen molar-refractivity contribution in [2.75, 3.05) is 23.4 Å². The van der Waals surface area contributed by atoms with Crippen LogP contribution in [0, 0.1) is 17.0 Å². The predicted octanol–water partition coefficient (Wildman–Crippen LogP) is 2.20. The SMILES string of the molecule is Cc1cccc(NC(=O)[C@H](C)OC(=O)CN2C(=O)COc3ccc([N+](=O)[O-])cc32)c1. The second kappa shape index (κ2) is 8.60. The predicted molar refractivity (Wildman–Crippen MR) is 106 cm³/mol. The quantitative estimate of drug-likeness (QED) is 0.437. The zero-order chi connectivity index (χ0) is 21.8. The summed E-state index contributed by atoms with van der Waals surface area (Å²) in [6, 6.07) is 10.9. The molecule has 0 aliphatic carbocycles. The number of carbonyl (C=O) groups excluding carboxylic acids is 3. The van der Waals surface area contributed by atoms with Gasteiger partial charge in [-0.3, -0.25) is 29.4 Å². The number of nitro groups is 1. The van der Waals surface area contributed by atoms with Crippen LogP contribution in [0.2, 0.25) is 0 Å². The third-order valence-corrected chi connectivity index (χ3v) is 4.35. The van der Waals surface area contributed by atoms with Crippen LogP contribution < -0.4 is 15.0 Å². The summed E-state index contributed by atoms with van der Waals surface area (Å²) in [5.41, 5.74) is 1.36. The number of benzene rings is 2. The molecule has 3 rings (SSSR count). The number of non-ortho nitro benzene ring substituents is 1. The number of esters is 1. The summed E-state index contributed by atoms with van der Waals surface area (Å²) in [7, 11) is 0. The first-order chi connectivity index (χ1) is 14.2. The average Bonchev–Trinajstić information content (AvgIpc) is 2.69. The van der Waals surface area contributed by atoms with Crippen molar-refractivity contribution in [3.8, 4) is 5.75 Å². The van der Waals surface area contributed by atoms with Gasteiger partial charge in [-0.25, -0.2) is 0 Å². The van der Waals surface area contributed by atoms with Crippen LogP contribution in [-0.2, 0) is 19.1 Å². The molecule has 10 heteroatoms. The first kappa shape index (κ1) is 20.8. The van der Waals surface area contributed by atoms with E-state index in [9.17, 15) is 24.5 Å². The molecule has 156 valence electrons. The van der Waals surface area contributed by atoms with E-state index in [1.165, 1.54) is 19.1 Å². The van der Waals surface area contributed by atoms with Crippen molar-refractivity contribution in [2.24, 2.45) is 0 Å². The number of nitrogens with zero attached hydrogens (tertiary/aromatic N) is 2. The highest BCUT2D eigenvalue weighted by Gasteiger charge is 2.30. The van der Waals surface area contributed by atoms with E-state index in [1.54, 1.807) is 18.2 Å². The molecule has 2 aromatic carbocycles. The Morgan fingerprint density at radius 1 is 1.30 bits per heavy atom. The summed E-state index contributed by atoms with van der Waals surface area (Å²) < 4.78 is 10.4. The molecule has 1 aliphatic rings. The second-order valence-corrected chi connectivity index (χ2v) is 6.67. The Morgan fingerprint density at radius 2 is 2.07 bits per heavy atom. The van der Waals surface area contributed by atoms with Gasteiger partial charge in [0.05, 0.1) is 10.6 Å². The highest BCUT2D eigenvalue weighted by molar-refractivity contribution is 6.02. The highest BCUT2D eigenvalue weighted by atomic mass is 16.6. The molecular weight excluding hydrogens is 394 g/mol. The van der Waals surface area contributed by atoms with Crippen molar-refractivity contribution < 1.29 is 28.8 Å². The van der Waals surface area contributed by atoms with Gasteiger partial charge in [-0.2, -0.15) is 0 Å². The van der Waals surface area contributed by atoms with E-state index in [2.05, 4.69) is 5.32 Å². The zero-order valence-corrected chi connectivity index (χ0v) is 16.3. The van der Waals surface area contributed by atoms with Crippen molar-refractivity contribution in [3.63, 3.8) is 0 Å². The lowest BCUT2D eigenvalue weighted by Crippen LogP contribution is -2.43. The molecule has 1 aliphatic heterocycles. The molecule has 1 atom stereocenters. The highest BCUT2D eigenvalue weighted by Crippen LogP contribution is 2.35. The molecule has 2 amide bonds. The van der Waals surface area contributed by atoms with Gasteiger partial charge in [-0.15, -0.1) is 0 Å². The smallest absolute Gasteiger partial charge is 0.326 e. The number of rotatable bonds is 6. The number of hydrogen-bond donors (Lipinski definition) is 1. The van der Waals surface area contributed by atoms with Gasteiger partial charge in [0.2, 0.25) is 0 Å². The Hall–Kier alpha value is -3.95. The van der Waals surface area contributed by atoms with E-state index in [0.717, 1.165) is 16.5 Å². The zero-order valence-electron chi connectivity index (χ0n) is 16.3. The molecular formula is C20H19N3O7. The van der Waals surface area contributed by atoms with Crippen molar-refractivity contribution in [1.29, 1.82) is 0 Å². The Kier molecular flexibility index (Phi) is 5.95. The van der Waals surface area contributed by atoms with Crippen LogP contribution in [0.5, 0.6) is 5.75 Å². The summed E-state index contributed by atoms with van der Waals surface area (Å²) >= 11 is 0. The van der Waals surface area contributed by atoms with E-state index in [0.29, 0.717) is 5.69 Å². The second-order valence-electron chi connectivity index (χ2n) is 6.67. The number of hydrogen-bond acceptors (Lipinski definition) is 7. The molecule has 0 spiro atoms. The van der Waals surface area contributed by atoms with Gasteiger partial charge in [-0.1, -0.05) is 12.1 Å². The number of amides is 2. The molecule has 0 fully saturated rings. The van der Waals surface area contributed by atoms with Crippen LogP contribution in [0.3, 0.4) is 0 Å². The Bertz CT molecular complexity index is 1020. The molecule has 10 nitrogen and oxygen atoms in total. The lowest BCUT2D eigenvalue weighted by molar-refractivity contribution is -0.384. The Balaban J connectivity index is 1.67. The fourth-order valence-electron chi connectivity index (χ4n) is 2.86. The third-order valence-electron chi connectivity index (χ3n) is 4.35. The molecule has 2 aromatic rings. The summed E-state index contributed by atoms with van der Waals surface area (Å²) in [6.07, 6.45) is -1.11. The van der Waals surface area contributed by atoms with Gasteiger partial charge >= 0.3 is 5.97 Å². The Morgan fingerprint density at radius 3 is 2.77 bits per heavy atom. The first-order valence-electron chi connectivity index (χ1n) is 9.03. The molecule has 0 saturated carbocycles. The third kappa shape index (κ3) is 4.72. The minimum atomic E-state index is -1.11. The van der Waals surface area contributed by atoms with Gasteiger partial charge in [-0.05, 0) is 37.6 Å². The number of aryl methyl sites for hydroxylation is 1. The van der Waals surface area contributed by atoms with Gasteiger partial charge < -0.3 is 14.8 Å². The van der Waals surface area contributed by atoms with Crippen molar-refractivity contribution in [3.05, 3.63) is 58.1 Å². The van der Waals surface area contributed by atoms with Crippen LogP contribution in [0.25, 0.3) is 0 Å². The van der Waals surface area contributed by atoms with Crippen LogP contribution in [0.1, 0.15) is 12.5 Å². The van der Waals surface area contributed by atoms with Crippen LogP contribution in [0.4, 0.5) is 17.1 Å². The normalized spacial score (nSPS) is 13.7. The van der Waals surface area contributed by atoms with Crippen molar-refractivity contribution >= 4 is 34.8 Å². The molecule has 0 bridgehead atoms. The summed E-state index contributed by atoms with van der Waals surface area (Å²) in [5.74, 6) is -1.69. The maximum absolute atomic E-state index is 12.3. The van der Waals surface area contributed by atoms with Gasteiger partial charge in [0.15, 0.2) is 12.7 Å². The first-order valence-corrected chi connectivity index (χ1v) is 9.03. The number of fused-ring (bicyclic) bond motifs is 1. The molecule has 1 heterocycles. The molecule has 1 N–H and O–H groups in total. The standard InChI is InChI=1S/C20H19N3O7/c1-12-4-3-5-14(8-12)21-20(26)13(2)30-19(25)10-22-16-9-15(23(27)28)6-7-17(16)29-11-18(22)24/h3-9,13H,10-11H2,1-2H3,(H,21,26)/t13-/m0/s1. The largest absolute Gasteiger partial charge is 0.482 e. The number of carbonyl (C=O) groups is 3. The molecule has 30 heavy (non-hydrogen) atoms. The van der Waals surface area contributed by atoms with Gasteiger partial charge in [0.1, 0.15) is 12.3 Å². The Labute approximate surface area is 171 Å². The fourth-order valence-corrected chi connectivity index (χ4v) is 2.86. The fraction of sp³-hybridized carbons (Fsp3) is 0.250. The summed E-state index contributed by atoms with van der Waals surface area (Å²) in [6.45, 7) is 2.45. The minimum Gasteiger partial charge on any atom is -0.482 e. The van der Waals surface area contributed by atoms with E-state index in [1.807, 2.05) is 13.0 Å². The maximum atomic E-state index is 12.3. The number of nitrogens with one attached hydrogen (secondary N) is 1. The van der Waals surface area contributed by atoms with E-state index < -0.39 is 35.4 Å². The maximum Gasteiger partial charge on any atom is 0.326 e. The monoisotopic (exact) mass is 413 g/mol. The number of anilines is 2. The van der Waals surface area contributed by atoms with Crippen LogP contribution in [-0.4, -0.2) is 42.0 Å². The van der Waals surface area contributed by atoms with E-state index >= 15 is 0 Å². The summed E-state index contributed by atoms with van der Waals surface area (Å²) in [4.78, 5) is 48.3. The molecule has 0 unspecified atom stereocenters. The summed E-state index contributed by atoms with van der Waals surface area (Å²) in [5, 5.41) is 13.7. The van der Waals surface area contributed by atoms with E-state index in [-0.39, 0.29) is 23.7 Å². The number of nitro benzene ring substituents is 1. The van der Waals surface area contributed by atoms with E-state index in [4.69, 9.17) is 9.47 Å². The minimum absolute atomic E-state index is 0.0919. The molecule has 0 radical (unpaired) electrons. The van der Waals surface area contributed by atoms with Gasteiger partial charge in [0.25, 0.3) is 17.5 Å². The molecule has 0 saturated heterocycles. The number of ether oxygens (including phenoxy) is 2. The van der Waals surface area contributed by atoms with Crippen LogP contribution in [0.15, 0.2) is 42.5 Å². The molecule has 0 aromatic heterocycles. The van der Waals surface area contributed by atoms with Crippen LogP contribution >= 0.6 is 0 Å².